The number of amides is 1. The first kappa shape index (κ1) is 14.1. The molecule has 0 fully saturated rings. The summed E-state index contributed by atoms with van der Waals surface area (Å²) in [6.07, 6.45) is 3.16. The highest BCUT2D eigenvalue weighted by Gasteiger charge is 2.21. The number of hydrogen-bond donors (Lipinski definition) is 2. The van der Waals surface area contributed by atoms with Gasteiger partial charge in [0.15, 0.2) is 0 Å². The largest absolute Gasteiger partial charge is 0.345 e. The Morgan fingerprint density at radius 2 is 2.07 bits per heavy atom. The Labute approximate surface area is 91.6 Å². The number of hydrogen-bond acceptors (Lipinski definition) is 3. The molecule has 0 saturated carbocycles. The van der Waals surface area contributed by atoms with Crippen molar-refractivity contribution in [2.45, 2.75) is 52.1 Å². The number of carbonyl (C=O) groups excluding carboxylic acids is 2. The van der Waals surface area contributed by atoms with E-state index < -0.39 is 12.1 Å². The smallest absolute Gasteiger partial charge is 0.237 e. The molecule has 0 spiro atoms. The molecule has 0 aliphatic heterocycles. The number of carbonyl (C=O) groups is 2. The zero-order valence-corrected chi connectivity index (χ0v) is 9.82. The molecule has 0 aromatic heterocycles. The van der Waals surface area contributed by atoms with Gasteiger partial charge in [-0.05, 0) is 12.3 Å². The second-order valence-electron chi connectivity index (χ2n) is 3.95. The van der Waals surface area contributed by atoms with Crippen LogP contribution in [0.4, 0.5) is 0 Å². The van der Waals surface area contributed by atoms with Crippen LogP contribution in [0.1, 0.15) is 40.0 Å². The normalized spacial score (nSPS) is 16.5. The van der Waals surface area contributed by atoms with Crippen LogP contribution in [-0.4, -0.2) is 24.3 Å². The molecule has 88 valence electrons. The molecule has 15 heavy (non-hydrogen) atoms. The van der Waals surface area contributed by atoms with E-state index in [0.29, 0.717) is 6.42 Å². The van der Waals surface area contributed by atoms with Crippen molar-refractivity contribution in [2.75, 3.05) is 0 Å². The lowest BCUT2D eigenvalue weighted by atomic mass is 9.99. The number of nitrogens with one attached hydrogen (secondary N) is 1. The van der Waals surface area contributed by atoms with E-state index in [1.54, 1.807) is 0 Å². The standard InChI is InChI=1S/C11H22N2O2/c1-4-6-9(7-14)13-11(15)10(12)8(3)5-2/h7-10H,4-6,12H2,1-3H3,(H,13,15)/t8-,9-,10-/m0/s1. The van der Waals surface area contributed by atoms with Gasteiger partial charge >= 0.3 is 0 Å². The molecule has 3 N–H and O–H groups in total. The molecule has 0 heterocycles. The predicted molar refractivity (Wildman–Crippen MR) is 60.3 cm³/mol. The zero-order chi connectivity index (χ0) is 11.8. The van der Waals surface area contributed by atoms with Crippen molar-refractivity contribution in [3.05, 3.63) is 0 Å². The van der Waals surface area contributed by atoms with Crippen LogP contribution in [0.15, 0.2) is 0 Å². The molecule has 0 aromatic carbocycles. The van der Waals surface area contributed by atoms with E-state index >= 15 is 0 Å². The highest BCUT2D eigenvalue weighted by atomic mass is 16.2. The van der Waals surface area contributed by atoms with Crippen LogP contribution in [0, 0.1) is 5.92 Å². The van der Waals surface area contributed by atoms with Gasteiger partial charge in [-0.25, -0.2) is 0 Å². The molecule has 0 rings (SSSR count). The molecule has 4 nitrogen and oxygen atoms in total. The Morgan fingerprint density at radius 3 is 2.47 bits per heavy atom. The Kier molecular flexibility index (Phi) is 6.96. The predicted octanol–water partition coefficient (Wildman–Crippen LogP) is 0.844. The van der Waals surface area contributed by atoms with Crippen molar-refractivity contribution in [3.63, 3.8) is 0 Å². The van der Waals surface area contributed by atoms with Crippen molar-refractivity contribution in [1.29, 1.82) is 0 Å². The summed E-state index contributed by atoms with van der Waals surface area (Å²) in [7, 11) is 0. The first-order valence-corrected chi connectivity index (χ1v) is 5.58. The molecule has 3 atom stereocenters. The Balaban J connectivity index is 4.15. The van der Waals surface area contributed by atoms with Crippen molar-refractivity contribution < 1.29 is 9.59 Å². The number of rotatable bonds is 7. The highest BCUT2D eigenvalue weighted by Crippen LogP contribution is 2.05. The molecule has 0 aliphatic carbocycles. The second kappa shape index (κ2) is 7.40. The summed E-state index contributed by atoms with van der Waals surface area (Å²) in [6.45, 7) is 5.89. The third-order valence-corrected chi connectivity index (χ3v) is 2.65. The van der Waals surface area contributed by atoms with Gasteiger partial charge in [0.1, 0.15) is 6.29 Å². The fraction of sp³-hybridized carbons (Fsp3) is 0.818. The first-order valence-electron chi connectivity index (χ1n) is 5.58. The third-order valence-electron chi connectivity index (χ3n) is 2.65. The van der Waals surface area contributed by atoms with E-state index in [-0.39, 0.29) is 11.8 Å². The van der Waals surface area contributed by atoms with Gasteiger partial charge in [0.05, 0.1) is 12.1 Å². The highest BCUT2D eigenvalue weighted by molar-refractivity contribution is 5.84. The Bertz CT molecular complexity index is 207. The van der Waals surface area contributed by atoms with E-state index in [9.17, 15) is 9.59 Å². The summed E-state index contributed by atoms with van der Waals surface area (Å²) in [4.78, 5) is 22.2. The van der Waals surface area contributed by atoms with Gasteiger partial charge in [0.25, 0.3) is 0 Å². The van der Waals surface area contributed by atoms with E-state index in [1.807, 2.05) is 20.8 Å². The SMILES string of the molecule is CCC[C@@H](C=O)NC(=O)[C@@H](N)[C@@H](C)CC. The molecular formula is C11H22N2O2. The fourth-order valence-corrected chi connectivity index (χ4v) is 1.28. The minimum atomic E-state index is -0.519. The minimum absolute atomic E-state index is 0.138. The van der Waals surface area contributed by atoms with Gasteiger partial charge in [-0.15, -0.1) is 0 Å². The maximum Gasteiger partial charge on any atom is 0.237 e. The number of nitrogens with two attached hydrogens (primary N) is 1. The van der Waals surface area contributed by atoms with Crippen molar-refractivity contribution in [2.24, 2.45) is 11.7 Å². The molecule has 0 aliphatic rings. The molecule has 0 radical (unpaired) electrons. The average Bonchev–Trinajstić information content (AvgIpc) is 2.26. The van der Waals surface area contributed by atoms with Crippen molar-refractivity contribution in [3.8, 4) is 0 Å². The summed E-state index contributed by atoms with van der Waals surface area (Å²) < 4.78 is 0. The van der Waals surface area contributed by atoms with Crippen molar-refractivity contribution in [1.82, 2.24) is 5.32 Å². The lowest BCUT2D eigenvalue weighted by Gasteiger charge is -2.20. The maximum atomic E-state index is 11.6. The summed E-state index contributed by atoms with van der Waals surface area (Å²) in [6, 6.07) is -0.910. The van der Waals surface area contributed by atoms with Gasteiger partial charge < -0.3 is 15.8 Å². The van der Waals surface area contributed by atoms with Crippen LogP contribution in [0.3, 0.4) is 0 Å². The first-order chi connectivity index (χ1) is 7.06. The van der Waals surface area contributed by atoms with Crippen LogP contribution >= 0.6 is 0 Å². The summed E-state index contributed by atoms with van der Waals surface area (Å²) in [5.74, 6) is -0.0890. The third kappa shape index (κ3) is 4.93. The summed E-state index contributed by atoms with van der Waals surface area (Å²) >= 11 is 0. The minimum Gasteiger partial charge on any atom is -0.345 e. The van der Waals surface area contributed by atoms with Crippen LogP contribution in [0.25, 0.3) is 0 Å². The fourth-order valence-electron chi connectivity index (χ4n) is 1.28. The van der Waals surface area contributed by atoms with Crippen LogP contribution < -0.4 is 11.1 Å². The molecule has 0 bridgehead atoms. The van der Waals surface area contributed by atoms with Crippen molar-refractivity contribution >= 4 is 12.2 Å². The van der Waals surface area contributed by atoms with E-state index in [2.05, 4.69) is 5.32 Å². The average molecular weight is 214 g/mol. The van der Waals surface area contributed by atoms with E-state index in [1.165, 1.54) is 0 Å². The quantitative estimate of drug-likeness (QED) is 0.617. The molecular weight excluding hydrogens is 192 g/mol. The van der Waals surface area contributed by atoms with Crippen LogP contribution in [0.2, 0.25) is 0 Å². The Hall–Kier alpha value is -0.900. The second-order valence-corrected chi connectivity index (χ2v) is 3.95. The maximum absolute atomic E-state index is 11.6. The monoisotopic (exact) mass is 214 g/mol. The van der Waals surface area contributed by atoms with Gasteiger partial charge in [-0.3, -0.25) is 4.79 Å². The molecule has 0 aromatic rings. The van der Waals surface area contributed by atoms with Gasteiger partial charge in [0.2, 0.25) is 5.91 Å². The zero-order valence-electron chi connectivity index (χ0n) is 9.82. The van der Waals surface area contributed by atoms with E-state index in [0.717, 1.165) is 19.1 Å². The summed E-state index contributed by atoms with van der Waals surface area (Å²) in [5.41, 5.74) is 5.74. The molecule has 0 unspecified atom stereocenters. The van der Waals surface area contributed by atoms with Gasteiger partial charge in [-0.1, -0.05) is 33.6 Å². The molecule has 4 heteroatoms. The summed E-state index contributed by atoms with van der Waals surface area (Å²) in [5, 5.41) is 2.65. The topological polar surface area (TPSA) is 72.2 Å². The number of aldehydes is 1. The lowest BCUT2D eigenvalue weighted by molar-refractivity contribution is -0.126. The van der Waals surface area contributed by atoms with Gasteiger partial charge in [0, 0.05) is 0 Å². The molecule has 0 saturated heterocycles. The van der Waals surface area contributed by atoms with Crippen LogP contribution in [0.5, 0.6) is 0 Å². The molecule has 1 amide bonds. The van der Waals surface area contributed by atoms with E-state index in [4.69, 9.17) is 5.73 Å². The van der Waals surface area contributed by atoms with Gasteiger partial charge in [-0.2, -0.15) is 0 Å². The van der Waals surface area contributed by atoms with Crippen LogP contribution in [-0.2, 0) is 9.59 Å². The Morgan fingerprint density at radius 1 is 1.47 bits per heavy atom. The lowest BCUT2D eigenvalue weighted by Crippen LogP contribution is -2.48.